The molecule has 0 saturated heterocycles. The van der Waals surface area contributed by atoms with Crippen molar-refractivity contribution in [2.24, 2.45) is 63.6 Å². The van der Waals surface area contributed by atoms with Crippen molar-refractivity contribution in [1.29, 1.82) is 0 Å². The first-order chi connectivity index (χ1) is 17.7. The van der Waals surface area contributed by atoms with Crippen LogP contribution in [0.3, 0.4) is 0 Å². The van der Waals surface area contributed by atoms with Gasteiger partial charge >= 0.3 is 0 Å². The van der Waals surface area contributed by atoms with E-state index >= 15 is 0 Å². The second kappa shape index (κ2) is 9.25. The third-order valence-corrected chi connectivity index (χ3v) is 12.9. The van der Waals surface area contributed by atoms with E-state index in [0.717, 1.165) is 50.5 Å². The van der Waals surface area contributed by atoms with Crippen molar-refractivity contribution in [3.63, 3.8) is 0 Å². The number of aliphatic hydroxyl groups is 1. The zero-order valence-electron chi connectivity index (χ0n) is 25.0. The van der Waals surface area contributed by atoms with Gasteiger partial charge in [0.2, 0.25) is 0 Å². The van der Waals surface area contributed by atoms with Gasteiger partial charge in [0.25, 0.3) is 0 Å². The largest absolute Gasteiger partial charge is 0.389 e. The molecule has 0 aliphatic heterocycles. The molecule has 4 heteroatoms. The standard InChI is InChI=1S/C34H50O4/c1-18-12-13-25(24-11-9-10-23(14-24)21(4)35)26-16-32(6)17-33(7)15-19(2)27(22(5)36)31(38)34(33,8)20(3)29(32)30(37)28(18)26/h9,11,18,20,22-26,28-29,36H,10,12-17H2,1-8H3. The fourth-order valence-electron chi connectivity index (χ4n) is 11.0. The first-order valence-electron chi connectivity index (χ1n) is 15.3. The van der Waals surface area contributed by atoms with E-state index in [2.05, 4.69) is 46.8 Å². The van der Waals surface area contributed by atoms with E-state index in [1.54, 1.807) is 13.8 Å². The van der Waals surface area contributed by atoms with Crippen LogP contribution in [0.5, 0.6) is 0 Å². The van der Waals surface area contributed by atoms with Gasteiger partial charge in [0, 0.05) is 28.7 Å². The molecule has 1 N–H and O–H groups in total. The van der Waals surface area contributed by atoms with Crippen LogP contribution in [0.2, 0.25) is 0 Å². The lowest BCUT2D eigenvalue weighted by Crippen LogP contribution is -2.66. The predicted molar refractivity (Wildman–Crippen MR) is 150 cm³/mol. The number of carbonyl (C=O) groups is 3. The number of ketones is 3. The monoisotopic (exact) mass is 522 g/mol. The van der Waals surface area contributed by atoms with Crippen LogP contribution in [0, 0.1) is 63.6 Å². The molecule has 0 aromatic rings. The average molecular weight is 523 g/mol. The fourth-order valence-corrected chi connectivity index (χ4v) is 11.0. The Morgan fingerprint density at radius 3 is 2.42 bits per heavy atom. The summed E-state index contributed by atoms with van der Waals surface area (Å²) in [6, 6.07) is 0. The lowest BCUT2D eigenvalue weighted by Gasteiger charge is -2.67. The third-order valence-electron chi connectivity index (χ3n) is 12.9. The van der Waals surface area contributed by atoms with E-state index in [1.807, 2.05) is 6.92 Å². The zero-order chi connectivity index (χ0) is 27.9. The summed E-state index contributed by atoms with van der Waals surface area (Å²) in [6.45, 7) is 16.6. The Morgan fingerprint density at radius 2 is 1.79 bits per heavy atom. The van der Waals surface area contributed by atoms with Crippen molar-refractivity contribution in [3.8, 4) is 0 Å². The molecule has 5 aliphatic carbocycles. The lowest BCUT2D eigenvalue weighted by atomic mass is 9.35. The first kappa shape index (κ1) is 28.0. The van der Waals surface area contributed by atoms with Gasteiger partial charge < -0.3 is 5.11 Å². The molecule has 0 amide bonds. The van der Waals surface area contributed by atoms with Crippen LogP contribution in [0.1, 0.15) is 100 Å². The van der Waals surface area contributed by atoms with Gasteiger partial charge in [-0.2, -0.15) is 0 Å². The number of rotatable bonds is 3. The highest BCUT2D eigenvalue weighted by Gasteiger charge is 2.69. The second-order valence-electron chi connectivity index (χ2n) is 15.1. The van der Waals surface area contributed by atoms with Gasteiger partial charge in [-0.3, -0.25) is 14.4 Å². The van der Waals surface area contributed by atoms with Gasteiger partial charge in [-0.1, -0.05) is 52.3 Å². The Morgan fingerprint density at radius 1 is 1.11 bits per heavy atom. The lowest BCUT2D eigenvalue weighted by molar-refractivity contribution is -0.190. The zero-order valence-corrected chi connectivity index (χ0v) is 25.0. The summed E-state index contributed by atoms with van der Waals surface area (Å²) >= 11 is 0. The molecule has 0 aromatic heterocycles. The van der Waals surface area contributed by atoms with Gasteiger partial charge in [0.1, 0.15) is 11.6 Å². The minimum absolute atomic E-state index is 0.0422. The molecule has 12 unspecified atom stereocenters. The number of aliphatic hydroxyl groups excluding tert-OH is 1. The molecule has 3 saturated carbocycles. The average Bonchev–Trinajstić information content (AvgIpc) is 2.81. The van der Waals surface area contributed by atoms with Crippen molar-refractivity contribution in [3.05, 3.63) is 23.3 Å². The number of Topliss-reactive ketones (excluding diaryl/α,β-unsaturated/α-hetero) is 3. The molecule has 210 valence electrons. The first-order valence-corrected chi connectivity index (χ1v) is 15.3. The van der Waals surface area contributed by atoms with Crippen LogP contribution >= 0.6 is 0 Å². The molecular formula is C34H50O4. The smallest absolute Gasteiger partial charge is 0.168 e. The number of hydrogen-bond acceptors (Lipinski definition) is 4. The Kier molecular flexibility index (Phi) is 6.81. The van der Waals surface area contributed by atoms with Crippen molar-refractivity contribution in [1.82, 2.24) is 0 Å². The van der Waals surface area contributed by atoms with Gasteiger partial charge in [-0.25, -0.2) is 0 Å². The quantitative estimate of drug-likeness (QED) is 0.416. The number of fused-ring (bicyclic) bond motifs is 3. The Bertz CT molecular complexity index is 1100. The van der Waals surface area contributed by atoms with E-state index < -0.39 is 11.5 Å². The summed E-state index contributed by atoms with van der Waals surface area (Å²) in [5.41, 5.74) is 0.541. The van der Waals surface area contributed by atoms with Crippen molar-refractivity contribution >= 4 is 17.3 Å². The highest BCUT2D eigenvalue weighted by Crippen LogP contribution is 2.71. The molecular weight excluding hydrogens is 472 g/mol. The maximum Gasteiger partial charge on any atom is 0.168 e. The molecule has 0 radical (unpaired) electrons. The van der Waals surface area contributed by atoms with Crippen molar-refractivity contribution < 1.29 is 19.5 Å². The molecule has 0 bridgehead atoms. The van der Waals surface area contributed by atoms with E-state index in [0.29, 0.717) is 40.8 Å². The number of carbonyl (C=O) groups excluding carboxylic acids is 3. The summed E-state index contributed by atoms with van der Waals surface area (Å²) in [4.78, 5) is 41.1. The normalized spacial score (nSPS) is 49.7. The SMILES string of the molecule is CC(=O)C1CC=CC(C2CCC(C)C3C(=O)C4C(C)C5(C)C(=O)C(C(C)O)=C(C)CC5(C)CC4(C)CC23)C1. The molecule has 12 atom stereocenters. The fraction of sp³-hybridized carbons (Fsp3) is 0.794. The highest BCUT2D eigenvalue weighted by atomic mass is 16.3. The Labute approximate surface area is 230 Å². The van der Waals surface area contributed by atoms with E-state index in [9.17, 15) is 19.5 Å². The second-order valence-corrected chi connectivity index (χ2v) is 15.1. The molecule has 0 aromatic carbocycles. The minimum atomic E-state index is -0.780. The molecule has 3 fully saturated rings. The van der Waals surface area contributed by atoms with Gasteiger partial charge in [-0.15, -0.1) is 0 Å². The minimum Gasteiger partial charge on any atom is -0.389 e. The molecule has 5 aliphatic rings. The van der Waals surface area contributed by atoms with Crippen LogP contribution in [0.4, 0.5) is 0 Å². The van der Waals surface area contributed by atoms with Crippen LogP contribution in [-0.4, -0.2) is 28.6 Å². The van der Waals surface area contributed by atoms with Crippen LogP contribution < -0.4 is 0 Å². The van der Waals surface area contributed by atoms with Crippen molar-refractivity contribution in [2.45, 2.75) is 106 Å². The van der Waals surface area contributed by atoms with E-state index in [1.165, 1.54) is 0 Å². The summed E-state index contributed by atoms with van der Waals surface area (Å²) in [7, 11) is 0. The van der Waals surface area contributed by atoms with Crippen molar-refractivity contribution in [2.75, 3.05) is 0 Å². The van der Waals surface area contributed by atoms with Gasteiger partial charge in [0.05, 0.1) is 6.10 Å². The van der Waals surface area contributed by atoms with E-state index in [-0.39, 0.29) is 40.3 Å². The van der Waals surface area contributed by atoms with Crippen LogP contribution in [-0.2, 0) is 14.4 Å². The molecule has 0 spiro atoms. The molecule has 5 rings (SSSR count). The third kappa shape index (κ3) is 3.82. The van der Waals surface area contributed by atoms with E-state index in [4.69, 9.17) is 0 Å². The molecule has 38 heavy (non-hydrogen) atoms. The van der Waals surface area contributed by atoms with Crippen LogP contribution in [0.15, 0.2) is 23.3 Å². The molecule has 0 heterocycles. The summed E-state index contributed by atoms with van der Waals surface area (Å²) in [5, 5.41) is 10.6. The predicted octanol–water partition coefficient (Wildman–Crippen LogP) is 6.75. The maximum absolute atomic E-state index is 14.7. The highest BCUT2D eigenvalue weighted by molar-refractivity contribution is 6.03. The summed E-state index contributed by atoms with van der Waals surface area (Å²) in [5.74, 6) is 2.25. The number of hydrogen-bond donors (Lipinski definition) is 1. The summed E-state index contributed by atoms with van der Waals surface area (Å²) < 4.78 is 0. The maximum atomic E-state index is 14.7. The Balaban J connectivity index is 1.54. The van der Waals surface area contributed by atoms with Crippen LogP contribution in [0.25, 0.3) is 0 Å². The Hall–Kier alpha value is -1.55. The molecule has 4 nitrogen and oxygen atoms in total. The topological polar surface area (TPSA) is 71.4 Å². The summed E-state index contributed by atoms with van der Waals surface area (Å²) in [6.07, 6.45) is 10.5. The number of allylic oxidation sites excluding steroid dienone is 3. The van der Waals surface area contributed by atoms with Gasteiger partial charge in [0.15, 0.2) is 5.78 Å². The van der Waals surface area contributed by atoms with Gasteiger partial charge in [-0.05, 0) is 106 Å².